The molecule has 0 spiro atoms. The molecule has 1 heterocycles. The van der Waals surface area contributed by atoms with E-state index in [1.807, 2.05) is 0 Å². The van der Waals surface area contributed by atoms with Gasteiger partial charge in [-0.1, -0.05) is 0 Å². The summed E-state index contributed by atoms with van der Waals surface area (Å²) < 4.78 is 42.5. The molecule has 0 atom stereocenters. The van der Waals surface area contributed by atoms with Crippen LogP contribution in [0.25, 0.3) is 0 Å². The molecule has 4 nitrogen and oxygen atoms in total. The molecular formula is C10H11F3N2O2. The van der Waals surface area contributed by atoms with Gasteiger partial charge in [0.05, 0.1) is 24.3 Å². The smallest absolute Gasteiger partial charge is 0.311 e. The van der Waals surface area contributed by atoms with E-state index in [2.05, 4.69) is 9.72 Å². The molecule has 1 rings (SSSR count). The molecule has 1 aromatic heterocycles. The summed E-state index contributed by atoms with van der Waals surface area (Å²) in [6.45, 7) is 1.78. The number of rotatable bonds is 4. The molecule has 0 saturated carbocycles. The van der Waals surface area contributed by atoms with Crippen LogP contribution in [0.5, 0.6) is 0 Å². The Labute approximate surface area is 95.6 Å². The molecule has 94 valence electrons. The van der Waals surface area contributed by atoms with Gasteiger partial charge in [-0.05, 0) is 13.0 Å². The van der Waals surface area contributed by atoms with Crippen LogP contribution in [-0.4, -0.2) is 17.6 Å². The van der Waals surface area contributed by atoms with E-state index in [9.17, 15) is 18.0 Å². The number of ether oxygens (including phenoxy) is 1. The zero-order chi connectivity index (χ0) is 13.0. The second kappa shape index (κ2) is 5.51. The molecule has 0 amide bonds. The minimum absolute atomic E-state index is 0.0390. The molecule has 1 aromatic rings. The molecule has 0 fully saturated rings. The predicted molar refractivity (Wildman–Crippen MR) is 53.9 cm³/mol. The monoisotopic (exact) mass is 248 g/mol. The van der Waals surface area contributed by atoms with Crippen molar-refractivity contribution in [2.45, 2.75) is 19.8 Å². The van der Waals surface area contributed by atoms with Crippen LogP contribution in [0.3, 0.4) is 0 Å². The van der Waals surface area contributed by atoms with Crippen LogP contribution in [0.1, 0.15) is 24.6 Å². The van der Waals surface area contributed by atoms with Crippen LogP contribution in [0.4, 0.5) is 18.9 Å². The van der Waals surface area contributed by atoms with Crippen molar-refractivity contribution in [3.8, 4) is 0 Å². The normalized spacial score (nSPS) is 10.6. The highest BCUT2D eigenvalue weighted by Gasteiger charge is 2.20. The van der Waals surface area contributed by atoms with Crippen molar-refractivity contribution in [2.75, 3.05) is 12.3 Å². The minimum atomic E-state index is -3.04. The third kappa shape index (κ3) is 3.33. The lowest BCUT2D eigenvalue weighted by Crippen LogP contribution is -2.11. The zero-order valence-corrected chi connectivity index (χ0v) is 9.04. The summed E-state index contributed by atoms with van der Waals surface area (Å²) in [5, 5.41) is 0. The van der Waals surface area contributed by atoms with Gasteiger partial charge >= 0.3 is 5.97 Å². The number of nitrogens with two attached hydrogens (primary N) is 1. The summed E-state index contributed by atoms with van der Waals surface area (Å²) in [5.74, 6) is -1.98. The lowest BCUT2D eigenvalue weighted by molar-refractivity contribution is -0.142. The average Bonchev–Trinajstić information content (AvgIpc) is 2.15. The number of alkyl halides is 2. The molecule has 0 radical (unpaired) electrons. The fraction of sp³-hybridized carbons (Fsp3) is 0.400. The summed E-state index contributed by atoms with van der Waals surface area (Å²) in [5.41, 5.74) is 3.85. The Bertz CT molecular complexity index is 401. The molecule has 0 bridgehead atoms. The first-order valence-electron chi connectivity index (χ1n) is 4.84. The molecule has 0 unspecified atom stereocenters. The van der Waals surface area contributed by atoms with Crippen LogP contribution in [-0.2, 0) is 16.0 Å². The lowest BCUT2D eigenvalue weighted by atomic mass is 10.2. The lowest BCUT2D eigenvalue weighted by Gasteiger charge is -2.08. The second-order valence-electron chi connectivity index (χ2n) is 3.19. The van der Waals surface area contributed by atoms with Crippen LogP contribution in [0.15, 0.2) is 6.07 Å². The number of nitrogens with zero attached hydrogens (tertiary/aromatic N) is 1. The maximum Gasteiger partial charge on any atom is 0.311 e. The van der Waals surface area contributed by atoms with Crippen molar-refractivity contribution < 1.29 is 22.7 Å². The minimum Gasteiger partial charge on any atom is -0.466 e. The van der Waals surface area contributed by atoms with E-state index >= 15 is 0 Å². The third-order valence-electron chi connectivity index (χ3n) is 1.95. The number of carbonyl (C=O) groups excluding carboxylic acids is 1. The van der Waals surface area contributed by atoms with Gasteiger partial charge in [0.2, 0.25) is 5.95 Å². The maximum absolute atomic E-state index is 13.2. The Morgan fingerprint density at radius 3 is 2.71 bits per heavy atom. The molecule has 2 N–H and O–H groups in total. The average molecular weight is 248 g/mol. The SMILES string of the molecule is CCOC(=O)Cc1cc(N)c(C(F)F)c(F)n1. The first-order valence-corrected chi connectivity index (χ1v) is 4.84. The number of hydrogen-bond donors (Lipinski definition) is 1. The highest BCUT2D eigenvalue weighted by atomic mass is 19.3. The van der Waals surface area contributed by atoms with E-state index in [0.717, 1.165) is 6.07 Å². The summed E-state index contributed by atoms with van der Waals surface area (Å²) in [4.78, 5) is 14.3. The molecule has 0 aliphatic rings. The zero-order valence-electron chi connectivity index (χ0n) is 9.04. The molecule has 17 heavy (non-hydrogen) atoms. The van der Waals surface area contributed by atoms with E-state index in [-0.39, 0.29) is 18.7 Å². The first-order chi connectivity index (χ1) is 7.95. The van der Waals surface area contributed by atoms with E-state index in [0.29, 0.717) is 0 Å². The number of aromatic nitrogens is 1. The summed E-state index contributed by atoms with van der Waals surface area (Å²) in [6.07, 6.45) is -3.35. The van der Waals surface area contributed by atoms with Gasteiger partial charge in [0.25, 0.3) is 6.43 Å². The Morgan fingerprint density at radius 2 is 2.24 bits per heavy atom. The number of hydrogen-bond acceptors (Lipinski definition) is 4. The number of esters is 1. The van der Waals surface area contributed by atoms with Crippen molar-refractivity contribution in [2.24, 2.45) is 0 Å². The molecule has 0 aliphatic carbocycles. The van der Waals surface area contributed by atoms with Crippen LogP contribution < -0.4 is 5.73 Å². The fourth-order valence-corrected chi connectivity index (χ4v) is 1.26. The fourth-order valence-electron chi connectivity index (χ4n) is 1.26. The highest BCUT2D eigenvalue weighted by molar-refractivity contribution is 5.72. The van der Waals surface area contributed by atoms with Gasteiger partial charge in [-0.2, -0.15) is 4.39 Å². The topological polar surface area (TPSA) is 65.2 Å². The molecule has 0 aliphatic heterocycles. The van der Waals surface area contributed by atoms with Crippen LogP contribution in [0.2, 0.25) is 0 Å². The van der Waals surface area contributed by atoms with E-state index in [4.69, 9.17) is 5.73 Å². The second-order valence-corrected chi connectivity index (χ2v) is 3.19. The van der Waals surface area contributed by atoms with Gasteiger partial charge in [0.15, 0.2) is 0 Å². The Kier molecular flexibility index (Phi) is 4.30. The summed E-state index contributed by atoms with van der Waals surface area (Å²) in [7, 11) is 0. The number of nitrogen functional groups attached to an aromatic ring is 1. The van der Waals surface area contributed by atoms with E-state index in [1.165, 1.54) is 0 Å². The van der Waals surface area contributed by atoms with Crippen LogP contribution in [0, 0.1) is 5.95 Å². The van der Waals surface area contributed by atoms with Crippen LogP contribution >= 0.6 is 0 Å². The molecule has 0 aromatic carbocycles. The van der Waals surface area contributed by atoms with E-state index in [1.54, 1.807) is 6.92 Å². The van der Waals surface area contributed by atoms with Gasteiger partial charge in [-0.25, -0.2) is 13.8 Å². The Hall–Kier alpha value is -1.79. The standard InChI is InChI=1S/C10H11F3N2O2/c1-2-17-7(16)4-5-3-6(14)8(9(11)12)10(13)15-5/h3,9H,2,4H2,1H3,(H2,14,15). The number of carbonyl (C=O) groups is 1. The Morgan fingerprint density at radius 1 is 1.59 bits per heavy atom. The van der Waals surface area contributed by atoms with Crippen molar-refractivity contribution in [1.82, 2.24) is 4.98 Å². The molecule has 7 heteroatoms. The Balaban J connectivity index is 2.94. The predicted octanol–water partition coefficient (Wildman–Crippen LogP) is 1.85. The quantitative estimate of drug-likeness (QED) is 0.652. The van der Waals surface area contributed by atoms with Gasteiger partial charge in [-0.3, -0.25) is 4.79 Å². The number of anilines is 1. The summed E-state index contributed by atoms with van der Waals surface area (Å²) in [6, 6.07) is 1.04. The third-order valence-corrected chi connectivity index (χ3v) is 1.95. The van der Waals surface area contributed by atoms with Crippen molar-refractivity contribution in [1.29, 1.82) is 0 Å². The van der Waals surface area contributed by atoms with Gasteiger partial charge in [0.1, 0.15) is 0 Å². The number of pyridine rings is 1. The first kappa shape index (κ1) is 13.3. The molecular weight excluding hydrogens is 237 g/mol. The van der Waals surface area contributed by atoms with Gasteiger partial charge < -0.3 is 10.5 Å². The number of halogens is 3. The van der Waals surface area contributed by atoms with Crippen molar-refractivity contribution in [3.05, 3.63) is 23.3 Å². The van der Waals surface area contributed by atoms with Crippen molar-refractivity contribution >= 4 is 11.7 Å². The van der Waals surface area contributed by atoms with E-state index < -0.39 is 29.6 Å². The highest BCUT2D eigenvalue weighted by Crippen LogP contribution is 2.27. The summed E-state index contributed by atoms with van der Waals surface area (Å²) >= 11 is 0. The maximum atomic E-state index is 13.2. The molecule has 0 saturated heterocycles. The van der Waals surface area contributed by atoms with Gasteiger partial charge in [0, 0.05) is 5.69 Å². The van der Waals surface area contributed by atoms with Gasteiger partial charge in [-0.15, -0.1) is 0 Å². The van der Waals surface area contributed by atoms with Crippen molar-refractivity contribution in [3.63, 3.8) is 0 Å². The largest absolute Gasteiger partial charge is 0.466 e.